The highest BCUT2D eigenvalue weighted by atomic mass is 28.4. The van der Waals surface area contributed by atoms with E-state index in [1.165, 1.54) is 5.56 Å². The molecule has 1 aromatic heterocycles. The first-order chi connectivity index (χ1) is 11.0. The van der Waals surface area contributed by atoms with E-state index in [0.29, 0.717) is 0 Å². The summed E-state index contributed by atoms with van der Waals surface area (Å²) in [6.07, 6.45) is 5.23. The van der Waals surface area contributed by atoms with E-state index < -0.39 is 8.32 Å². The van der Waals surface area contributed by atoms with E-state index in [-0.39, 0.29) is 11.7 Å². The quantitative estimate of drug-likeness (QED) is 0.764. The summed E-state index contributed by atoms with van der Waals surface area (Å²) in [4.78, 5) is 4.71. The van der Waals surface area contributed by atoms with Crippen molar-refractivity contribution in [2.45, 2.75) is 50.6 Å². The maximum absolute atomic E-state index is 6.77. The molecule has 1 aliphatic heterocycles. The monoisotopic (exact) mass is 325 g/mol. The average Bonchev–Trinajstić information content (AvgIpc) is 3.01. The fraction of sp³-hybridized carbons (Fsp3) is 0.421. The molecule has 1 saturated carbocycles. The van der Waals surface area contributed by atoms with E-state index >= 15 is 0 Å². The van der Waals surface area contributed by atoms with Gasteiger partial charge in [-0.15, -0.1) is 0 Å². The van der Waals surface area contributed by atoms with Gasteiger partial charge in [0.15, 0.2) is 8.32 Å². The molecule has 4 rings (SSSR count). The van der Waals surface area contributed by atoms with Gasteiger partial charge in [-0.2, -0.15) is 0 Å². The lowest BCUT2D eigenvalue weighted by molar-refractivity contribution is 0.00000858. The van der Waals surface area contributed by atoms with Crippen molar-refractivity contribution in [3.05, 3.63) is 48.2 Å². The summed E-state index contributed by atoms with van der Waals surface area (Å²) >= 11 is 0. The number of hydrogen-bond donors (Lipinski definition) is 0. The molecule has 0 radical (unpaired) electrons. The van der Waals surface area contributed by atoms with Crippen LogP contribution in [-0.2, 0) is 10.0 Å². The Morgan fingerprint density at radius 3 is 2.70 bits per heavy atom. The minimum Gasteiger partial charge on any atom is -0.487 e. The number of nitrogens with zero attached hydrogens (tertiary/aromatic N) is 1. The lowest BCUT2D eigenvalue weighted by Crippen LogP contribution is -2.44. The first kappa shape index (κ1) is 14.9. The lowest BCUT2D eigenvalue weighted by atomic mass is 9.88. The van der Waals surface area contributed by atoms with Gasteiger partial charge in [-0.1, -0.05) is 30.3 Å². The maximum atomic E-state index is 6.77. The highest BCUT2D eigenvalue weighted by molar-refractivity contribution is 6.69. The molecule has 2 aliphatic rings. The van der Waals surface area contributed by atoms with E-state index in [0.717, 1.165) is 36.3 Å². The van der Waals surface area contributed by atoms with Gasteiger partial charge in [-0.3, -0.25) is 4.98 Å². The van der Waals surface area contributed by atoms with Crippen molar-refractivity contribution in [2.24, 2.45) is 0 Å². The van der Waals surface area contributed by atoms with Crippen LogP contribution < -0.4 is 4.74 Å². The molecule has 0 N–H and O–H groups in total. The van der Waals surface area contributed by atoms with Crippen LogP contribution in [0.4, 0.5) is 0 Å². The Bertz CT molecular complexity index is 726. The van der Waals surface area contributed by atoms with Crippen molar-refractivity contribution in [3.63, 3.8) is 0 Å². The van der Waals surface area contributed by atoms with E-state index in [4.69, 9.17) is 14.1 Å². The van der Waals surface area contributed by atoms with Gasteiger partial charge in [0.25, 0.3) is 0 Å². The van der Waals surface area contributed by atoms with Crippen molar-refractivity contribution in [2.75, 3.05) is 0 Å². The summed E-state index contributed by atoms with van der Waals surface area (Å²) in [6.45, 7) is 6.77. The van der Waals surface area contributed by atoms with Crippen LogP contribution in [0.1, 0.15) is 24.8 Å². The number of ether oxygens (including phenoxy) is 1. The summed E-state index contributed by atoms with van der Waals surface area (Å²) in [5.74, 6) is 0.960. The predicted molar refractivity (Wildman–Crippen MR) is 94.0 cm³/mol. The van der Waals surface area contributed by atoms with E-state index in [2.05, 4.69) is 43.9 Å². The zero-order chi connectivity index (χ0) is 16.1. The fourth-order valence-electron chi connectivity index (χ4n) is 4.02. The highest BCUT2D eigenvalue weighted by Gasteiger charge is 2.56. The van der Waals surface area contributed by atoms with Gasteiger partial charge in [0.05, 0.1) is 11.3 Å². The number of rotatable bonds is 3. The Morgan fingerprint density at radius 2 is 1.96 bits per heavy atom. The van der Waals surface area contributed by atoms with Crippen molar-refractivity contribution in [1.29, 1.82) is 0 Å². The molecule has 2 aromatic rings. The third kappa shape index (κ3) is 2.41. The summed E-state index contributed by atoms with van der Waals surface area (Å²) in [7, 11) is -1.72. The minimum atomic E-state index is -1.72. The molecule has 2 unspecified atom stereocenters. The summed E-state index contributed by atoms with van der Waals surface area (Å²) in [6, 6.07) is 12.4. The summed E-state index contributed by atoms with van der Waals surface area (Å²) in [5.41, 5.74) is 3.03. The van der Waals surface area contributed by atoms with Gasteiger partial charge in [-0.05, 0) is 45.0 Å². The molecule has 3 nitrogen and oxygen atoms in total. The predicted octanol–water partition coefficient (Wildman–Crippen LogP) is 4.74. The molecule has 1 aromatic carbocycles. The highest BCUT2D eigenvalue weighted by Crippen LogP contribution is 2.55. The second kappa shape index (κ2) is 5.18. The van der Waals surface area contributed by atoms with Crippen LogP contribution in [0.5, 0.6) is 5.75 Å². The summed E-state index contributed by atoms with van der Waals surface area (Å²) < 4.78 is 13.1. The van der Waals surface area contributed by atoms with Gasteiger partial charge in [-0.25, -0.2) is 0 Å². The molecule has 1 fully saturated rings. The van der Waals surface area contributed by atoms with Crippen molar-refractivity contribution >= 4 is 8.32 Å². The van der Waals surface area contributed by atoms with E-state index in [9.17, 15) is 0 Å². The summed E-state index contributed by atoms with van der Waals surface area (Å²) in [5, 5.41) is 0. The first-order valence-corrected chi connectivity index (χ1v) is 11.8. The molecule has 23 heavy (non-hydrogen) atoms. The Morgan fingerprint density at radius 1 is 1.17 bits per heavy atom. The first-order valence-electron chi connectivity index (χ1n) is 8.41. The van der Waals surface area contributed by atoms with Gasteiger partial charge < -0.3 is 9.16 Å². The van der Waals surface area contributed by atoms with Crippen LogP contribution in [0, 0.1) is 0 Å². The molecule has 120 valence electrons. The Kier molecular flexibility index (Phi) is 3.36. The van der Waals surface area contributed by atoms with Gasteiger partial charge in [0.2, 0.25) is 0 Å². The van der Waals surface area contributed by atoms with Crippen LogP contribution in [0.15, 0.2) is 42.6 Å². The van der Waals surface area contributed by atoms with Crippen LogP contribution in [0.3, 0.4) is 0 Å². The zero-order valence-corrected chi connectivity index (χ0v) is 15.0. The number of fused-ring (bicyclic) bond motifs is 3. The molecule has 0 amide bonds. The average molecular weight is 325 g/mol. The number of aromatic nitrogens is 1. The third-order valence-electron chi connectivity index (χ3n) is 4.68. The second-order valence-electron chi connectivity index (χ2n) is 7.50. The molecule has 2 heterocycles. The van der Waals surface area contributed by atoms with E-state index in [1.807, 2.05) is 18.3 Å². The maximum Gasteiger partial charge on any atom is 0.185 e. The lowest BCUT2D eigenvalue weighted by Gasteiger charge is -2.36. The Labute approximate surface area is 138 Å². The van der Waals surface area contributed by atoms with Crippen molar-refractivity contribution in [3.8, 4) is 17.0 Å². The van der Waals surface area contributed by atoms with Crippen LogP contribution >= 0.6 is 0 Å². The van der Waals surface area contributed by atoms with Gasteiger partial charge >= 0.3 is 0 Å². The van der Waals surface area contributed by atoms with Crippen molar-refractivity contribution < 1.29 is 9.16 Å². The van der Waals surface area contributed by atoms with Crippen LogP contribution in [0.2, 0.25) is 19.6 Å². The molecular weight excluding hydrogens is 302 g/mol. The standard InChI is InChI=1S/C19H23NO2Si/c1-23(2,3)22-19-12-7-10-16(19)21-15-11-13-20-18(17(15)19)14-8-5-4-6-9-14/h4-6,8-9,11,13,16H,7,10,12H2,1-3H3. The molecule has 4 heteroatoms. The SMILES string of the molecule is C[Si](C)(C)OC12CCCC1Oc1ccnc(-c3ccccc3)c12. The Hall–Kier alpha value is -1.65. The topological polar surface area (TPSA) is 31.4 Å². The molecule has 0 saturated heterocycles. The zero-order valence-electron chi connectivity index (χ0n) is 14.0. The number of hydrogen-bond acceptors (Lipinski definition) is 3. The van der Waals surface area contributed by atoms with Crippen LogP contribution in [-0.4, -0.2) is 19.4 Å². The molecule has 0 spiro atoms. The third-order valence-corrected chi connectivity index (χ3v) is 5.65. The normalized spacial score (nSPS) is 25.8. The molecule has 2 atom stereocenters. The van der Waals surface area contributed by atoms with Gasteiger partial charge in [0.1, 0.15) is 17.5 Å². The number of pyridine rings is 1. The van der Waals surface area contributed by atoms with Gasteiger partial charge in [0, 0.05) is 11.8 Å². The molecule has 1 aliphatic carbocycles. The minimum absolute atomic E-state index is 0.135. The van der Waals surface area contributed by atoms with E-state index in [1.54, 1.807) is 0 Å². The molecular formula is C19H23NO2Si. The largest absolute Gasteiger partial charge is 0.487 e. The number of benzene rings is 1. The van der Waals surface area contributed by atoms with Crippen LogP contribution in [0.25, 0.3) is 11.3 Å². The smallest absolute Gasteiger partial charge is 0.185 e. The molecule has 0 bridgehead atoms. The van der Waals surface area contributed by atoms with Crippen molar-refractivity contribution in [1.82, 2.24) is 4.98 Å². The Balaban J connectivity index is 1.91. The second-order valence-corrected chi connectivity index (χ2v) is 11.9. The fourth-order valence-corrected chi connectivity index (χ4v) is 5.45.